The van der Waals surface area contributed by atoms with E-state index >= 15 is 0 Å². The maximum atomic E-state index is 14.1. The molecule has 27 heavy (non-hydrogen) atoms. The summed E-state index contributed by atoms with van der Waals surface area (Å²) in [5.74, 6) is -1.33. The summed E-state index contributed by atoms with van der Waals surface area (Å²) in [4.78, 5) is 11.8. The Balaban J connectivity index is 0.00000364. The molecule has 2 rings (SSSR count). The second-order valence-corrected chi connectivity index (χ2v) is 9.12. The zero-order chi connectivity index (χ0) is 19.5. The molecular weight excluding hydrogens is 397 g/mol. The molecule has 1 fully saturated rings. The van der Waals surface area contributed by atoms with Gasteiger partial charge < -0.3 is 15.8 Å². The number of amides is 1. The summed E-state index contributed by atoms with van der Waals surface area (Å²) in [5.41, 5.74) is 5.41. The highest BCUT2D eigenvalue weighted by molar-refractivity contribution is 7.89. The smallest absolute Gasteiger partial charge is 0.244 e. The van der Waals surface area contributed by atoms with Crippen molar-refractivity contribution >= 4 is 34.0 Å². The first kappa shape index (κ1) is 23.8. The van der Waals surface area contributed by atoms with E-state index in [9.17, 15) is 17.6 Å². The molecule has 1 unspecified atom stereocenters. The molecule has 0 radical (unpaired) electrons. The molecule has 10 heteroatoms. The molecule has 1 aliphatic heterocycles. The molecule has 7 nitrogen and oxygen atoms in total. The largest absolute Gasteiger partial charge is 0.381 e. The molecule has 1 heterocycles. The number of rotatable bonds is 5. The van der Waals surface area contributed by atoms with Crippen LogP contribution in [0.1, 0.15) is 33.6 Å². The summed E-state index contributed by atoms with van der Waals surface area (Å²) in [6.45, 7) is 6.08. The van der Waals surface area contributed by atoms with E-state index in [4.69, 9.17) is 10.5 Å². The van der Waals surface area contributed by atoms with Crippen molar-refractivity contribution in [2.75, 3.05) is 18.5 Å². The summed E-state index contributed by atoms with van der Waals surface area (Å²) < 4.78 is 46.5. The number of hydrogen-bond donors (Lipinski definition) is 3. The van der Waals surface area contributed by atoms with Crippen molar-refractivity contribution in [2.24, 2.45) is 11.7 Å². The quantitative estimate of drug-likeness (QED) is 0.671. The SMILES string of the molecule is CC(C)(C)NS(=O)(=O)c1cc(NC(=O)C(N)C2CCOCC2)ccc1F.Cl. The molecule has 1 aromatic rings. The van der Waals surface area contributed by atoms with E-state index in [0.29, 0.717) is 26.1 Å². The van der Waals surface area contributed by atoms with Crippen molar-refractivity contribution in [3.63, 3.8) is 0 Å². The molecule has 1 aliphatic rings. The summed E-state index contributed by atoms with van der Waals surface area (Å²) in [5, 5.41) is 2.58. The van der Waals surface area contributed by atoms with Crippen LogP contribution in [-0.4, -0.2) is 39.1 Å². The second kappa shape index (κ2) is 9.29. The number of carbonyl (C=O) groups is 1. The van der Waals surface area contributed by atoms with Crippen LogP contribution in [-0.2, 0) is 19.6 Å². The standard InChI is InChI=1S/C17H26FN3O4S.ClH/c1-17(2,3)21-26(23,24)14-10-12(4-5-13(14)18)20-16(22)15(19)11-6-8-25-9-7-11;/h4-5,10-11,15,21H,6-9,19H2,1-3H3,(H,20,22);1H. The van der Waals surface area contributed by atoms with Crippen LogP contribution in [0, 0.1) is 11.7 Å². The van der Waals surface area contributed by atoms with Crippen molar-refractivity contribution in [2.45, 2.75) is 50.1 Å². The molecule has 4 N–H and O–H groups in total. The lowest BCUT2D eigenvalue weighted by molar-refractivity contribution is -0.119. The Hall–Kier alpha value is -1.26. The highest BCUT2D eigenvalue weighted by Crippen LogP contribution is 2.23. The monoisotopic (exact) mass is 423 g/mol. The molecule has 0 aliphatic carbocycles. The van der Waals surface area contributed by atoms with Gasteiger partial charge in [0.2, 0.25) is 15.9 Å². The molecular formula is C17H27ClFN3O4S. The minimum absolute atomic E-state index is 0. The lowest BCUT2D eigenvalue weighted by Crippen LogP contribution is -2.44. The molecule has 0 aromatic heterocycles. The number of ether oxygens (including phenoxy) is 1. The third-order valence-corrected chi connectivity index (χ3v) is 5.78. The Morgan fingerprint density at radius 2 is 1.89 bits per heavy atom. The van der Waals surface area contributed by atoms with Gasteiger partial charge in [0.15, 0.2) is 0 Å². The van der Waals surface area contributed by atoms with E-state index in [1.165, 1.54) is 6.07 Å². The van der Waals surface area contributed by atoms with Crippen LogP contribution in [0.5, 0.6) is 0 Å². The van der Waals surface area contributed by atoms with Crippen LogP contribution in [0.4, 0.5) is 10.1 Å². The predicted molar refractivity (Wildman–Crippen MR) is 104 cm³/mol. The topological polar surface area (TPSA) is 111 Å². The number of halogens is 2. The second-order valence-electron chi connectivity index (χ2n) is 7.47. The van der Waals surface area contributed by atoms with Crippen molar-refractivity contribution in [3.8, 4) is 0 Å². The summed E-state index contributed by atoms with van der Waals surface area (Å²) in [7, 11) is -4.07. The van der Waals surface area contributed by atoms with Crippen LogP contribution < -0.4 is 15.8 Å². The van der Waals surface area contributed by atoms with Gasteiger partial charge in [-0.3, -0.25) is 4.79 Å². The zero-order valence-corrected chi connectivity index (χ0v) is 17.3. The highest BCUT2D eigenvalue weighted by Gasteiger charge is 2.28. The van der Waals surface area contributed by atoms with Crippen LogP contribution in [0.3, 0.4) is 0 Å². The molecule has 1 aromatic carbocycles. The van der Waals surface area contributed by atoms with E-state index in [0.717, 1.165) is 12.1 Å². The van der Waals surface area contributed by atoms with Gasteiger partial charge in [-0.05, 0) is 57.7 Å². The van der Waals surface area contributed by atoms with Gasteiger partial charge in [0.1, 0.15) is 10.7 Å². The number of hydrogen-bond acceptors (Lipinski definition) is 5. The molecule has 0 saturated carbocycles. The Morgan fingerprint density at radius 3 is 2.44 bits per heavy atom. The maximum absolute atomic E-state index is 14.1. The number of carbonyl (C=O) groups excluding carboxylic acids is 1. The zero-order valence-electron chi connectivity index (χ0n) is 15.6. The van der Waals surface area contributed by atoms with Crippen LogP contribution >= 0.6 is 12.4 Å². The Labute approximate surface area is 165 Å². The summed E-state index contributed by atoms with van der Waals surface area (Å²) in [6.07, 6.45) is 1.38. The Bertz CT molecular complexity index is 762. The minimum atomic E-state index is -4.07. The van der Waals surface area contributed by atoms with E-state index < -0.39 is 38.2 Å². The number of sulfonamides is 1. The lowest BCUT2D eigenvalue weighted by atomic mass is 9.92. The van der Waals surface area contributed by atoms with E-state index in [1.807, 2.05) is 0 Å². The average Bonchev–Trinajstić information content (AvgIpc) is 2.54. The van der Waals surface area contributed by atoms with Gasteiger partial charge in [-0.2, -0.15) is 0 Å². The lowest BCUT2D eigenvalue weighted by Gasteiger charge is -2.26. The highest BCUT2D eigenvalue weighted by atomic mass is 35.5. The predicted octanol–water partition coefficient (Wildman–Crippen LogP) is 2.02. The molecule has 0 spiro atoms. The van der Waals surface area contributed by atoms with Crippen LogP contribution in [0.2, 0.25) is 0 Å². The number of benzene rings is 1. The van der Waals surface area contributed by atoms with Crippen LogP contribution in [0.25, 0.3) is 0 Å². The molecule has 1 amide bonds. The van der Waals surface area contributed by atoms with Gasteiger partial charge in [-0.15, -0.1) is 12.4 Å². The summed E-state index contributed by atoms with van der Waals surface area (Å²) >= 11 is 0. The van der Waals surface area contributed by atoms with Crippen molar-refractivity contribution < 1.29 is 22.3 Å². The van der Waals surface area contributed by atoms with E-state index in [-0.39, 0.29) is 24.0 Å². The third-order valence-electron chi connectivity index (χ3n) is 4.01. The molecule has 0 bridgehead atoms. The first-order valence-corrected chi connectivity index (χ1v) is 9.96. The van der Waals surface area contributed by atoms with Crippen molar-refractivity contribution in [1.82, 2.24) is 4.72 Å². The number of nitrogens with two attached hydrogens (primary N) is 1. The van der Waals surface area contributed by atoms with Crippen molar-refractivity contribution in [1.29, 1.82) is 0 Å². The van der Waals surface area contributed by atoms with Gasteiger partial charge in [0.05, 0.1) is 6.04 Å². The fourth-order valence-corrected chi connectivity index (χ4v) is 4.28. The third kappa shape index (κ3) is 6.69. The van der Waals surface area contributed by atoms with E-state index in [1.54, 1.807) is 20.8 Å². The van der Waals surface area contributed by atoms with Crippen molar-refractivity contribution in [3.05, 3.63) is 24.0 Å². The Morgan fingerprint density at radius 1 is 1.30 bits per heavy atom. The summed E-state index contributed by atoms with van der Waals surface area (Å²) in [6, 6.07) is 2.67. The molecule has 1 saturated heterocycles. The fourth-order valence-electron chi connectivity index (χ4n) is 2.76. The first-order chi connectivity index (χ1) is 12.0. The fraction of sp³-hybridized carbons (Fsp3) is 0.588. The number of nitrogens with one attached hydrogen (secondary N) is 2. The number of anilines is 1. The van der Waals surface area contributed by atoms with Gasteiger partial charge in [0.25, 0.3) is 0 Å². The van der Waals surface area contributed by atoms with Crippen LogP contribution in [0.15, 0.2) is 23.1 Å². The van der Waals surface area contributed by atoms with Gasteiger partial charge in [0, 0.05) is 24.4 Å². The molecule has 154 valence electrons. The Kier molecular flexibility index (Phi) is 8.18. The minimum Gasteiger partial charge on any atom is -0.381 e. The van der Waals surface area contributed by atoms with Gasteiger partial charge in [-0.1, -0.05) is 0 Å². The molecule has 1 atom stereocenters. The van der Waals surface area contributed by atoms with Gasteiger partial charge in [-0.25, -0.2) is 17.5 Å². The maximum Gasteiger partial charge on any atom is 0.244 e. The normalized spacial score (nSPS) is 17.1. The first-order valence-electron chi connectivity index (χ1n) is 8.47. The van der Waals surface area contributed by atoms with Gasteiger partial charge >= 0.3 is 0 Å². The average molecular weight is 424 g/mol. The van der Waals surface area contributed by atoms with E-state index in [2.05, 4.69) is 10.0 Å².